The third-order valence-corrected chi connectivity index (χ3v) is 6.44. The number of halogens is 1. The molecule has 0 bridgehead atoms. The molecule has 7 nitrogen and oxygen atoms in total. The Bertz CT molecular complexity index is 1320. The number of ether oxygens (including phenoxy) is 1. The quantitative estimate of drug-likeness (QED) is 0.318. The van der Waals surface area contributed by atoms with Crippen LogP contribution in [0.4, 0.5) is 11.4 Å². The summed E-state index contributed by atoms with van der Waals surface area (Å²) in [4.78, 5) is 53.1. The summed E-state index contributed by atoms with van der Waals surface area (Å²) < 4.78 is 5.47. The van der Waals surface area contributed by atoms with Crippen LogP contribution < -0.4 is 14.5 Å². The van der Waals surface area contributed by atoms with E-state index in [1.165, 1.54) is 17.0 Å². The summed E-state index contributed by atoms with van der Waals surface area (Å²) in [7, 11) is 0. The summed E-state index contributed by atoms with van der Waals surface area (Å²) in [6.45, 7) is 2.07. The van der Waals surface area contributed by atoms with E-state index < -0.39 is 23.7 Å². The predicted molar refractivity (Wildman–Crippen MR) is 126 cm³/mol. The Labute approximate surface area is 200 Å². The molecule has 3 aromatic carbocycles. The SMILES string of the molecule is Cc1ccc(N2C[C@@H](C(=O)Oc3ccc(N4C(=O)c5ccccc5C4=O)cc3)CC2=O)cc1Cl. The van der Waals surface area contributed by atoms with Crippen LogP contribution >= 0.6 is 11.6 Å². The molecule has 1 saturated heterocycles. The molecular weight excluding hydrogens is 456 g/mol. The first-order chi connectivity index (χ1) is 16.3. The number of carbonyl (C=O) groups excluding carboxylic acids is 4. The van der Waals surface area contributed by atoms with E-state index >= 15 is 0 Å². The monoisotopic (exact) mass is 474 g/mol. The van der Waals surface area contributed by atoms with Crippen molar-refractivity contribution in [3.05, 3.63) is 88.4 Å². The van der Waals surface area contributed by atoms with Crippen molar-refractivity contribution in [2.75, 3.05) is 16.3 Å². The highest BCUT2D eigenvalue weighted by Gasteiger charge is 2.38. The number of carbonyl (C=O) groups is 4. The number of esters is 1. The van der Waals surface area contributed by atoms with Crippen molar-refractivity contribution >= 4 is 46.7 Å². The topological polar surface area (TPSA) is 84.0 Å². The molecule has 1 atom stereocenters. The van der Waals surface area contributed by atoms with E-state index in [1.807, 2.05) is 13.0 Å². The van der Waals surface area contributed by atoms with Crippen molar-refractivity contribution < 1.29 is 23.9 Å². The van der Waals surface area contributed by atoms with Gasteiger partial charge in [-0.3, -0.25) is 19.2 Å². The summed E-state index contributed by atoms with van der Waals surface area (Å²) in [6, 6.07) is 18.1. The van der Waals surface area contributed by atoms with E-state index in [2.05, 4.69) is 0 Å². The number of aryl methyl sites for hydroxylation is 1. The Morgan fingerprint density at radius 3 is 2.15 bits per heavy atom. The lowest BCUT2D eigenvalue weighted by Crippen LogP contribution is -2.29. The number of anilines is 2. The lowest BCUT2D eigenvalue weighted by Gasteiger charge is -2.17. The number of imide groups is 1. The molecule has 0 saturated carbocycles. The number of fused-ring (bicyclic) bond motifs is 1. The van der Waals surface area contributed by atoms with E-state index in [4.69, 9.17) is 16.3 Å². The molecule has 8 heteroatoms. The van der Waals surface area contributed by atoms with Crippen LogP contribution in [0.25, 0.3) is 0 Å². The van der Waals surface area contributed by atoms with Crippen LogP contribution in [0.5, 0.6) is 5.75 Å². The molecule has 5 rings (SSSR count). The number of rotatable bonds is 4. The van der Waals surface area contributed by atoms with Gasteiger partial charge in [0, 0.05) is 23.7 Å². The molecule has 0 N–H and O–H groups in total. The molecular formula is C26H19ClN2O5. The van der Waals surface area contributed by atoms with Gasteiger partial charge in [0.1, 0.15) is 5.75 Å². The highest BCUT2D eigenvalue weighted by Crippen LogP contribution is 2.31. The minimum atomic E-state index is -0.622. The molecule has 3 amide bonds. The van der Waals surface area contributed by atoms with E-state index in [0.717, 1.165) is 10.5 Å². The summed E-state index contributed by atoms with van der Waals surface area (Å²) in [5.41, 5.74) is 2.63. The zero-order chi connectivity index (χ0) is 24.0. The van der Waals surface area contributed by atoms with E-state index in [0.29, 0.717) is 27.5 Å². The highest BCUT2D eigenvalue weighted by atomic mass is 35.5. The fourth-order valence-electron chi connectivity index (χ4n) is 4.15. The van der Waals surface area contributed by atoms with Crippen LogP contribution in [0.3, 0.4) is 0 Å². The zero-order valence-corrected chi connectivity index (χ0v) is 18.9. The van der Waals surface area contributed by atoms with Gasteiger partial charge in [-0.05, 0) is 61.0 Å². The van der Waals surface area contributed by atoms with Gasteiger partial charge in [-0.1, -0.05) is 29.8 Å². The highest BCUT2D eigenvalue weighted by molar-refractivity contribution is 6.34. The summed E-state index contributed by atoms with van der Waals surface area (Å²) in [5, 5.41) is 0.550. The van der Waals surface area contributed by atoms with Gasteiger partial charge in [0.15, 0.2) is 0 Å². The molecule has 0 spiro atoms. The standard InChI is InChI=1S/C26H19ClN2O5/c1-15-6-7-18(13-22(15)27)28-14-16(12-23(28)30)26(33)34-19-10-8-17(9-11-19)29-24(31)20-4-2-3-5-21(20)25(29)32/h2-11,13,16H,12,14H2,1H3/t16-/m0/s1. The van der Waals surface area contributed by atoms with Gasteiger partial charge in [0.05, 0.1) is 22.7 Å². The smallest absolute Gasteiger partial charge is 0.316 e. The maximum absolute atomic E-state index is 12.7. The first-order valence-electron chi connectivity index (χ1n) is 10.7. The maximum Gasteiger partial charge on any atom is 0.316 e. The minimum Gasteiger partial charge on any atom is -0.426 e. The van der Waals surface area contributed by atoms with Crippen molar-refractivity contribution in [1.82, 2.24) is 0 Å². The van der Waals surface area contributed by atoms with Crippen LogP contribution in [0.2, 0.25) is 5.02 Å². The summed E-state index contributed by atoms with van der Waals surface area (Å²) >= 11 is 6.18. The lowest BCUT2D eigenvalue weighted by atomic mass is 10.1. The Morgan fingerprint density at radius 2 is 1.53 bits per heavy atom. The number of nitrogens with zero attached hydrogens (tertiary/aromatic N) is 2. The van der Waals surface area contributed by atoms with Crippen molar-refractivity contribution in [1.29, 1.82) is 0 Å². The Morgan fingerprint density at radius 1 is 0.912 bits per heavy atom. The lowest BCUT2D eigenvalue weighted by molar-refractivity contribution is -0.139. The molecule has 0 unspecified atom stereocenters. The molecule has 170 valence electrons. The molecule has 0 radical (unpaired) electrons. The largest absolute Gasteiger partial charge is 0.426 e. The molecule has 1 fully saturated rings. The number of amides is 3. The van der Waals surface area contributed by atoms with Crippen LogP contribution in [-0.2, 0) is 9.59 Å². The second-order valence-corrected chi connectivity index (χ2v) is 8.65. The Kier molecular flexibility index (Phi) is 5.42. The maximum atomic E-state index is 12.7. The molecule has 34 heavy (non-hydrogen) atoms. The van der Waals surface area contributed by atoms with Gasteiger partial charge in [-0.2, -0.15) is 0 Å². The van der Waals surface area contributed by atoms with Crippen LogP contribution in [0.1, 0.15) is 32.7 Å². The minimum absolute atomic E-state index is 0.0391. The fourth-order valence-corrected chi connectivity index (χ4v) is 4.33. The fraction of sp³-hybridized carbons (Fsp3) is 0.154. The summed E-state index contributed by atoms with van der Waals surface area (Å²) in [5.74, 6) is -1.86. The summed E-state index contributed by atoms with van der Waals surface area (Å²) in [6.07, 6.45) is 0.0391. The van der Waals surface area contributed by atoms with Crippen molar-refractivity contribution in [3.63, 3.8) is 0 Å². The van der Waals surface area contributed by atoms with E-state index in [1.54, 1.807) is 48.5 Å². The molecule has 2 aliphatic heterocycles. The molecule has 0 aliphatic carbocycles. The zero-order valence-electron chi connectivity index (χ0n) is 18.2. The molecule has 3 aromatic rings. The number of benzene rings is 3. The molecule has 0 aromatic heterocycles. The third kappa shape index (κ3) is 3.74. The van der Waals surface area contributed by atoms with Gasteiger partial charge < -0.3 is 9.64 Å². The molecule has 2 aliphatic rings. The van der Waals surface area contributed by atoms with Crippen molar-refractivity contribution in [2.24, 2.45) is 5.92 Å². The first-order valence-corrected chi connectivity index (χ1v) is 11.1. The van der Waals surface area contributed by atoms with Gasteiger partial charge in [-0.15, -0.1) is 0 Å². The average Bonchev–Trinajstić information content (AvgIpc) is 3.34. The van der Waals surface area contributed by atoms with Crippen LogP contribution in [0, 0.1) is 12.8 Å². The van der Waals surface area contributed by atoms with Crippen LogP contribution in [-0.4, -0.2) is 30.2 Å². The number of hydrogen-bond donors (Lipinski definition) is 0. The van der Waals surface area contributed by atoms with E-state index in [-0.39, 0.29) is 24.6 Å². The average molecular weight is 475 g/mol. The van der Waals surface area contributed by atoms with Crippen molar-refractivity contribution in [2.45, 2.75) is 13.3 Å². The third-order valence-electron chi connectivity index (χ3n) is 6.03. The Hall–Kier alpha value is -3.97. The first kappa shape index (κ1) is 21.9. The van der Waals surface area contributed by atoms with Gasteiger partial charge in [0.25, 0.3) is 11.8 Å². The van der Waals surface area contributed by atoms with Crippen LogP contribution in [0.15, 0.2) is 66.7 Å². The van der Waals surface area contributed by atoms with Gasteiger partial charge in [-0.25, -0.2) is 4.90 Å². The van der Waals surface area contributed by atoms with Gasteiger partial charge >= 0.3 is 5.97 Å². The predicted octanol–water partition coefficient (Wildman–Crippen LogP) is 4.41. The number of hydrogen-bond acceptors (Lipinski definition) is 5. The Balaban J connectivity index is 1.26. The van der Waals surface area contributed by atoms with E-state index in [9.17, 15) is 19.2 Å². The van der Waals surface area contributed by atoms with Gasteiger partial charge in [0.2, 0.25) is 5.91 Å². The van der Waals surface area contributed by atoms with Crippen molar-refractivity contribution in [3.8, 4) is 5.75 Å². The normalized spacial score (nSPS) is 17.4. The second kappa shape index (κ2) is 8.43. The second-order valence-electron chi connectivity index (χ2n) is 8.25. The molecule has 2 heterocycles.